The molecule has 4 nitrogen and oxygen atoms in total. The maximum absolute atomic E-state index is 5.63. The van der Waals surface area contributed by atoms with Crippen molar-refractivity contribution in [2.75, 3.05) is 13.7 Å². The zero-order valence-corrected chi connectivity index (χ0v) is 10.2. The molecule has 0 aromatic carbocycles. The zero-order chi connectivity index (χ0) is 11.4. The molecule has 2 fully saturated rings. The van der Waals surface area contributed by atoms with Gasteiger partial charge in [0.15, 0.2) is 0 Å². The van der Waals surface area contributed by atoms with Crippen molar-refractivity contribution >= 4 is 0 Å². The van der Waals surface area contributed by atoms with E-state index >= 15 is 0 Å². The molecule has 3 N–H and O–H groups in total. The molecule has 94 valence electrons. The van der Waals surface area contributed by atoms with Crippen molar-refractivity contribution in [2.45, 2.75) is 56.8 Å². The van der Waals surface area contributed by atoms with Gasteiger partial charge in [0.2, 0.25) is 0 Å². The van der Waals surface area contributed by atoms with Crippen LogP contribution in [0.15, 0.2) is 0 Å². The summed E-state index contributed by atoms with van der Waals surface area (Å²) >= 11 is 0. The Kier molecular flexibility index (Phi) is 4.58. The summed E-state index contributed by atoms with van der Waals surface area (Å²) in [7, 11) is 1.79. The summed E-state index contributed by atoms with van der Waals surface area (Å²) < 4.78 is 11.2. The maximum Gasteiger partial charge on any atom is 0.0765 e. The molecule has 0 spiro atoms. The molecule has 2 rings (SSSR count). The van der Waals surface area contributed by atoms with Crippen molar-refractivity contribution in [3.63, 3.8) is 0 Å². The van der Waals surface area contributed by atoms with E-state index in [1.165, 1.54) is 25.7 Å². The summed E-state index contributed by atoms with van der Waals surface area (Å²) in [5, 5.41) is 0. The van der Waals surface area contributed by atoms with Crippen LogP contribution in [0.25, 0.3) is 0 Å². The Bertz CT molecular complexity index is 203. The van der Waals surface area contributed by atoms with Gasteiger partial charge in [0.1, 0.15) is 0 Å². The molecule has 1 saturated heterocycles. The summed E-state index contributed by atoms with van der Waals surface area (Å²) in [6.07, 6.45) is 7.88. The highest BCUT2D eigenvalue weighted by Crippen LogP contribution is 2.36. The first-order valence-corrected chi connectivity index (χ1v) is 6.45. The number of hydrazine groups is 1. The Labute approximate surface area is 97.8 Å². The minimum absolute atomic E-state index is 0.279. The van der Waals surface area contributed by atoms with Crippen molar-refractivity contribution in [1.29, 1.82) is 0 Å². The number of methoxy groups -OCH3 is 1. The summed E-state index contributed by atoms with van der Waals surface area (Å²) in [5.74, 6) is 6.35. The summed E-state index contributed by atoms with van der Waals surface area (Å²) in [5.41, 5.74) is 2.92. The molecule has 0 radical (unpaired) electrons. The van der Waals surface area contributed by atoms with Crippen LogP contribution < -0.4 is 11.3 Å². The van der Waals surface area contributed by atoms with Crippen LogP contribution in [0, 0.1) is 5.92 Å². The maximum atomic E-state index is 5.63. The molecule has 0 aromatic heterocycles. The lowest BCUT2D eigenvalue weighted by molar-refractivity contribution is 0.0387. The summed E-state index contributed by atoms with van der Waals surface area (Å²) in [6.45, 7) is 0.932. The molecule has 0 bridgehead atoms. The summed E-state index contributed by atoms with van der Waals surface area (Å²) in [4.78, 5) is 0. The van der Waals surface area contributed by atoms with Crippen LogP contribution in [0.3, 0.4) is 0 Å². The van der Waals surface area contributed by atoms with Gasteiger partial charge in [0, 0.05) is 19.8 Å². The van der Waals surface area contributed by atoms with Gasteiger partial charge in [-0.2, -0.15) is 0 Å². The predicted octanol–water partition coefficient (Wildman–Crippen LogP) is 1.20. The number of nitrogens with two attached hydrogens (primary N) is 1. The number of ether oxygens (including phenoxy) is 2. The topological polar surface area (TPSA) is 56.5 Å². The van der Waals surface area contributed by atoms with Crippen molar-refractivity contribution < 1.29 is 9.47 Å². The van der Waals surface area contributed by atoms with Gasteiger partial charge in [-0.15, -0.1) is 0 Å². The molecule has 1 aliphatic heterocycles. The quantitative estimate of drug-likeness (QED) is 0.508. The molecule has 3 atom stereocenters. The van der Waals surface area contributed by atoms with Crippen LogP contribution in [0.2, 0.25) is 0 Å². The van der Waals surface area contributed by atoms with Crippen LogP contribution >= 0.6 is 0 Å². The highest BCUT2D eigenvalue weighted by molar-refractivity contribution is 4.89. The largest absolute Gasteiger partial charge is 0.379 e. The van der Waals surface area contributed by atoms with Gasteiger partial charge >= 0.3 is 0 Å². The average Bonchev–Trinajstić information content (AvgIpc) is 3.00. The molecule has 1 saturated carbocycles. The smallest absolute Gasteiger partial charge is 0.0765 e. The molecule has 16 heavy (non-hydrogen) atoms. The minimum Gasteiger partial charge on any atom is -0.379 e. The van der Waals surface area contributed by atoms with Gasteiger partial charge in [-0.1, -0.05) is 0 Å². The van der Waals surface area contributed by atoms with Gasteiger partial charge in [-0.25, -0.2) is 0 Å². The second-order valence-electron chi connectivity index (χ2n) is 5.02. The summed E-state index contributed by atoms with van der Waals surface area (Å²) in [6, 6.07) is 0.279. The van der Waals surface area contributed by atoms with Gasteiger partial charge < -0.3 is 9.47 Å². The van der Waals surface area contributed by atoms with Gasteiger partial charge in [-0.3, -0.25) is 11.3 Å². The van der Waals surface area contributed by atoms with E-state index in [1.807, 2.05) is 0 Å². The normalized spacial score (nSPS) is 29.2. The molecule has 0 amide bonds. The first kappa shape index (κ1) is 12.3. The van der Waals surface area contributed by atoms with Gasteiger partial charge in [0.05, 0.1) is 12.2 Å². The first-order valence-electron chi connectivity index (χ1n) is 6.45. The molecular weight excluding hydrogens is 204 g/mol. The fourth-order valence-corrected chi connectivity index (χ4v) is 2.69. The van der Waals surface area contributed by atoms with Crippen molar-refractivity contribution in [2.24, 2.45) is 11.8 Å². The van der Waals surface area contributed by atoms with Gasteiger partial charge in [0.25, 0.3) is 0 Å². The Morgan fingerprint density at radius 3 is 2.75 bits per heavy atom. The van der Waals surface area contributed by atoms with E-state index in [0.717, 1.165) is 25.4 Å². The Morgan fingerprint density at radius 1 is 1.44 bits per heavy atom. The molecule has 3 unspecified atom stereocenters. The van der Waals surface area contributed by atoms with E-state index in [0.29, 0.717) is 6.10 Å². The number of rotatable bonds is 7. The molecular formula is C12H24N2O2. The standard InChI is InChI=1S/C12H24N2O2/c1-15-12(9-4-5-9)11(14-13)7-6-10-3-2-8-16-10/h9-12,14H,2-8,13H2,1H3. The monoisotopic (exact) mass is 228 g/mol. The van der Waals surface area contributed by atoms with Crippen LogP contribution in [-0.2, 0) is 9.47 Å². The number of hydrogen-bond acceptors (Lipinski definition) is 4. The third-order valence-corrected chi connectivity index (χ3v) is 3.79. The lowest BCUT2D eigenvalue weighted by Crippen LogP contribution is -2.46. The highest BCUT2D eigenvalue weighted by Gasteiger charge is 2.36. The molecule has 1 aliphatic carbocycles. The van der Waals surface area contributed by atoms with E-state index < -0.39 is 0 Å². The third kappa shape index (κ3) is 3.17. The van der Waals surface area contributed by atoms with E-state index in [4.69, 9.17) is 15.3 Å². The predicted molar refractivity (Wildman–Crippen MR) is 62.8 cm³/mol. The second-order valence-corrected chi connectivity index (χ2v) is 5.02. The van der Waals surface area contributed by atoms with Crippen LogP contribution in [-0.4, -0.2) is 32.0 Å². The van der Waals surface area contributed by atoms with Crippen molar-refractivity contribution in [3.8, 4) is 0 Å². The third-order valence-electron chi connectivity index (χ3n) is 3.79. The number of nitrogens with one attached hydrogen (secondary N) is 1. The Hall–Kier alpha value is -0.160. The van der Waals surface area contributed by atoms with Crippen LogP contribution in [0.4, 0.5) is 0 Å². The molecule has 2 aliphatic rings. The van der Waals surface area contributed by atoms with Crippen LogP contribution in [0.1, 0.15) is 38.5 Å². The van der Waals surface area contributed by atoms with Crippen LogP contribution in [0.5, 0.6) is 0 Å². The Balaban J connectivity index is 1.74. The lowest BCUT2D eigenvalue weighted by atomic mass is 9.99. The van der Waals surface area contributed by atoms with E-state index in [2.05, 4.69) is 5.43 Å². The Morgan fingerprint density at radius 2 is 2.25 bits per heavy atom. The van der Waals surface area contributed by atoms with E-state index in [9.17, 15) is 0 Å². The second kappa shape index (κ2) is 5.96. The molecule has 1 heterocycles. The molecule has 4 heteroatoms. The highest BCUT2D eigenvalue weighted by atomic mass is 16.5. The van der Waals surface area contributed by atoms with E-state index in [1.54, 1.807) is 7.11 Å². The fourth-order valence-electron chi connectivity index (χ4n) is 2.69. The van der Waals surface area contributed by atoms with Crippen molar-refractivity contribution in [1.82, 2.24) is 5.43 Å². The SMILES string of the molecule is COC(C1CC1)C(CCC1CCCO1)NN. The first-order chi connectivity index (χ1) is 7.85. The van der Waals surface area contributed by atoms with E-state index in [-0.39, 0.29) is 12.1 Å². The fraction of sp³-hybridized carbons (Fsp3) is 1.00. The van der Waals surface area contributed by atoms with Crippen molar-refractivity contribution in [3.05, 3.63) is 0 Å². The molecule has 0 aromatic rings. The minimum atomic E-state index is 0.279. The average molecular weight is 228 g/mol. The number of hydrogen-bond donors (Lipinski definition) is 2. The lowest BCUT2D eigenvalue weighted by Gasteiger charge is -2.26. The zero-order valence-electron chi connectivity index (χ0n) is 10.2. The van der Waals surface area contributed by atoms with Gasteiger partial charge in [-0.05, 0) is 44.4 Å².